The molecule has 5 rings (SSSR count). The van der Waals surface area contributed by atoms with Crippen molar-refractivity contribution >= 4 is 75.2 Å². The normalized spacial score (nSPS) is 14.2. The summed E-state index contributed by atoms with van der Waals surface area (Å²) >= 11 is 0. The second-order valence-corrected chi connectivity index (χ2v) is 17.5. The second kappa shape index (κ2) is 24.8. The van der Waals surface area contributed by atoms with Crippen LogP contribution in [-0.2, 0) is 62.4 Å². The molecule has 0 fully saturated rings. The van der Waals surface area contributed by atoms with Crippen molar-refractivity contribution in [2.75, 3.05) is 0 Å². The van der Waals surface area contributed by atoms with Gasteiger partial charge in [-0.3, -0.25) is 38.4 Å². The number of amides is 6. The minimum atomic E-state index is -1.82. The molecule has 7 unspecified atom stereocenters. The molecule has 372 valence electrons. The lowest BCUT2D eigenvalue weighted by atomic mass is 9.99. The van der Waals surface area contributed by atoms with Crippen LogP contribution < -0.4 is 37.6 Å². The predicted octanol–water partition coefficient (Wildman–Crippen LogP) is 1.40. The number of carboxylic acids is 3. The zero-order valence-electron chi connectivity index (χ0n) is 38.8. The topological polar surface area (TPSA) is 344 Å². The van der Waals surface area contributed by atoms with E-state index in [1.165, 1.54) is 6.92 Å². The Labute approximate surface area is 402 Å². The summed E-state index contributed by atoms with van der Waals surface area (Å²) in [7, 11) is 0. The van der Waals surface area contributed by atoms with Crippen molar-refractivity contribution in [1.82, 2.24) is 41.9 Å². The lowest BCUT2D eigenvalue weighted by Crippen LogP contribution is -2.60. The molecule has 21 nitrogen and oxygen atoms in total. The Kier molecular flexibility index (Phi) is 18.7. The number of H-pyrrole nitrogens is 2. The summed E-state index contributed by atoms with van der Waals surface area (Å²) in [6, 6.07) is 12.9. The molecule has 0 aliphatic rings. The van der Waals surface area contributed by atoms with Crippen molar-refractivity contribution in [3.05, 3.63) is 108 Å². The number of hydrogen-bond acceptors (Lipinski definition) is 10. The highest BCUT2D eigenvalue weighted by molar-refractivity contribution is 5.98. The third-order valence-corrected chi connectivity index (χ3v) is 11.4. The molecule has 3 aromatic carbocycles. The van der Waals surface area contributed by atoms with Gasteiger partial charge in [0, 0.05) is 59.9 Å². The summed E-state index contributed by atoms with van der Waals surface area (Å²) in [5.74, 6) is -9.91. The van der Waals surface area contributed by atoms with E-state index in [4.69, 9.17) is 5.73 Å². The standard InChI is InChI=1S/C49H59N9O12/c1-26(2)19-36(45(65)58-40(49(69)70)23-42(61)62)55-46(66)37(20-28-11-5-4-6-12-28)56-44(64)35(17-18-41(59)60)53-47(67)39(22-30-25-52-34-16-10-8-14-32(30)34)57-48(68)38(54-43(63)27(3)50)21-29-24-51-33-15-9-7-13-31(29)33/h4-16,24-27,35-40,51-52H,17-23,50H2,1-3H3,(H,53,67)(H,54,63)(H,55,66)(H,56,64)(H,57,68)(H,58,65)(H,59,60)(H,61,62)(H,69,70). The third-order valence-electron chi connectivity index (χ3n) is 11.4. The number of aromatic amines is 2. The van der Waals surface area contributed by atoms with Gasteiger partial charge in [-0.05, 0) is 54.5 Å². The number of benzene rings is 3. The van der Waals surface area contributed by atoms with Crippen LogP contribution in [0.4, 0.5) is 0 Å². The number of aromatic nitrogens is 2. The van der Waals surface area contributed by atoms with Gasteiger partial charge in [-0.25, -0.2) is 4.79 Å². The molecule has 7 atom stereocenters. The molecule has 0 saturated heterocycles. The Morgan fingerprint density at radius 1 is 0.500 bits per heavy atom. The van der Waals surface area contributed by atoms with Crippen molar-refractivity contribution in [2.45, 2.75) is 108 Å². The third kappa shape index (κ3) is 15.2. The Hall–Kier alpha value is -8.07. The summed E-state index contributed by atoms with van der Waals surface area (Å²) in [6.45, 7) is 4.90. The van der Waals surface area contributed by atoms with Crippen molar-refractivity contribution in [3.63, 3.8) is 0 Å². The van der Waals surface area contributed by atoms with Gasteiger partial charge < -0.3 is 62.9 Å². The van der Waals surface area contributed by atoms with Crippen LogP contribution in [-0.4, -0.2) is 121 Å². The van der Waals surface area contributed by atoms with Gasteiger partial charge >= 0.3 is 17.9 Å². The van der Waals surface area contributed by atoms with E-state index in [1.807, 2.05) is 30.3 Å². The van der Waals surface area contributed by atoms with Gasteiger partial charge in [-0.2, -0.15) is 0 Å². The first-order valence-electron chi connectivity index (χ1n) is 22.7. The molecular formula is C49H59N9O12. The first-order chi connectivity index (χ1) is 33.3. The zero-order chi connectivity index (χ0) is 51.1. The van der Waals surface area contributed by atoms with E-state index in [0.717, 1.165) is 21.8 Å². The van der Waals surface area contributed by atoms with Crippen LogP contribution in [0.1, 0.15) is 63.1 Å². The van der Waals surface area contributed by atoms with Crippen molar-refractivity contribution in [2.24, 2.45) is 11.7 Å². The van der Waals surface area contributed by atoms with Crippen LogP contribution in [0.15, 0.2) is 91.3 Å². The number of hydrogen-bond donors (Lipinski definition) is 12. The molecule has 0 saturated carbocycles. The highest BCUT2D eigenvalue weighted by Gasteiger charge is 2.35. The quantitative estimate of drug-likeness (QED) is 0.0374. The maximum atomic E-state index is 14.6. The van der Waals surface area contributed by atoms with E-state index in [0.29, 0.717) is 16.7 Å². The minimum absolute atomic E-state index is 0.0214. The fraction of sp³-hybridized carbons (Fsp3) is 0.367. The maximum absolute atomic E-state index is 14.6. The minimum Gasteiger partial charge on any atom is -0.481 e. The van der Waals surface area contributed by atoms with E-state index < -0.39 is 115 Å². The average Bonchev–Trinajstić information content (AvgIpc) is 3.92. The molecule has 2 heterocycles. The van der Waals surface area contributed by atoms with Crippen LogP contribution in [0, 0.1) is 5.92 Å². The molecule has 2 aromatic heterocycles. The van der Waals surface area contributed by atoms with Crippen molar-refractivity contribution in [3.8, 4) is 0 Å². The summed E-state index contributed by atoms with van der Waals surface area (Å²) in [6.07, 6.45) is 0.939. The number of carboxylic acid groups (broad SMARTS) is 3. The van der Waals surface area contributed by atoms with E-state index >= 15 is 0 Å². The largest absolute Gasteiger partial charge is 0.481 e. The molecule has 13 N–H and O–H groups in total. The van der Waals surface area contributed by atoms with E-state index in [2.05, 4.69) is 41.9 Å². The number of rotatable bonds is 26. The van der Waals surface area contributed by atoms with Crippen LogP contribution in [0.25, 0.3) is 21.8 Å². The van der Waals surface area contributed by atoms with Gasteiger partial charge in [-0.1, -0.05) is 80.6 Å². The van der Waals surface area contributed by atoms with Crippen molar-refractivity contribution in [1.29, 1.82) is 0 Å². The Morgan fingerprint density at radius 2 is 0.914 bits per heavy atom. The summed E-state index contributed by atoms with van der Waals surface area (Å²) in [5.41, 5.74) is 9.21. The van der Waals surface area contributed by atoms with Gasteiger partial charge in [0.05, 0.1) is 12.5 Å². The van der Waals surface area contributed by atoms with E-state index in [9.17, 15) is 58.5 Å². The number of carbonyl (C=O) groups excluding carboxylic acids is 6. The van der Waals surface area contributed by atoms with Crippen molar-refractivity contribution < 1.29 is 58.5 Å². The molecule has 0 spiro atoms. The number of nitrogens with two attached hydrogens (primary N) is 1. The van der Waals surface area contributed by atoms with Crippen LogP contribution in [0.2, 0.25) is 0 Å². The molecule has 70 heavy (non-hydrogen) atoms. The van der Waals surface area contributed by atoms with Crippen LogP contribution in [0.3, 0.4) is 0 Å². The van der Waals surface area contributed by atoms with E-state index in [-0.39, 0.29) is 31.6 Å². The average molecular weight is 966 g/mol. The SMILES string of the molecule is CC(C)CC(NC(=O)C(Cc1ccccc1)NC(=O)C(CCC(=O)O)NC(=O)C(Cc1c[nH]c2ccccc12)NC(=O)C(Cc1c[nH]c2ccccc12)NC(=O)C(C)N)C(=O)NC(CC(=O)O)C(=O)O. The highest BCUT2D eigenvalue weighted by atomic mass is 16.4. The number of carbonyl (C=O) groups is 9. The molecule has 21 heteroatoms. The molecule has 0 aliphatic heterocycles. The lowest BCUT2D eigenvalue weighted by Gasteiger charge is -2.28. The molecule has 0 aliphatic carbocycles. The molecular weight excluding hydrogens is 907 g/mol. The molecule has 0 bridgehead atoms. The Balaban J connectivity index is 1.45. The molecule has 5 aromatic rings. The summed E-state index contributed by atoms with van der Waals surface area (Å²) < 4.78 is 0. The van der Waals surface area contributed by atoms with Crippen LogP contribution in [0.5, 0.6) is 0 Å². The van der Waals surface area contributed by atoms with Gasteiger partial charge in [0.25, 0.3) is 0 Å². The van der Waals surface area contributed by atoms with Gasteiger partial charge in [0.2, 0.25) is 35.4 Å². The Morgan fingerprint density at radius 3 is 1.39 bits per heavy atom. The predicted molar refractivity (Wildman–Crippen MR) is 256 cm³/mol. The summed E-state index contributed by atoms with van der Waals surface area (Å²) in [4.78, 5) is 125. The second-order valence-electron chi connectivity index (χ2n) is 17.5. The Bertz CT molecular complexity index is 2680. The van der Waals surface area contributed by atoms with Gasteiger partial charge in [0.15, 0.2) is 0 Å². The number of aliphatic carboxylic acids is 3. The first kappa shape index (κ1) is 52.9. The maximum Gasteiger partial charge on any atom is 0.326 e. The highest BCUT2D eigenvalue weighted by Crippen LogP contribution is 2.22. The zero-order valence-corrected chi connectivity index (χ0v) is 38.8. The fourth-order valence-electron chi connectivity index (χ4n) is 7.80. The number of para-hydroxylation sites is 2. The first-order valence-corrected chi connectivity index (χ1v) is 22.7. The number of fused-ring (bicyclic) bond motifs is 2. The fourth-order valence-corrected chi connectivity index (χ4v) is 7.80. The smallest absolute Gasteiger partial charge is 0.326 e. The van der Waals surface area contributed by atoms with Crippen LogP contribution >= 0.6 is 0 Å². The number of nitrogens with one attached hydrogen (secondary N) is 8. The van der Waals surface area contributed by atoms with E-state index in [1.54, 1.807) is 74.8 Å². The molecule has 0 radical (unpaired) electrons. The molecule has 6 amide bonds. The summed E-state index contributed by atoms with van der Waals surface area (Å²) in [5, 5.41) is 45.4. The van der Waals surface area contributed by atoms with Gasteiger partial charge in [0.1, 0.15) is 36.3 Å². The lowest BCUT2D eigenvalue weighted by molar-refractivity contribution is -0.147. The van der Waals surface area contributed by atoms with Gasteiger partial charge in [-0.15, -0.1) is 0 Å². The monoisotopic (exact) mass is 965 g/mol.